The molecule has 0 fully saturated rings. The zero-order chi connectivity index (χ0) is 18.4. The summed E-state index contributed by atoms with van der Waals surface area (Å²) in [6.45, 7) is 9.58. The van der Waals surface area contributed by atoms with Gasteiger partial charge >= 0.3 is 0 Å². The van der Waals surface area contributed by atoms with Crippen LogP contribution in [0.3, 0.4) is 0 Å². The Kier molecular flexibility index (Phi) is 7.21. The number of rotatable bonds is 6. The van der Waals surface area contributed by atoms with E-state index in [0.29, 0.717) is 10.9 Å². The third-order valence-corrected chi connectivity index (χ3v) is 4.87. The van der Waals surface area contributed by atoms with Crippen molar-refractivity contribution in [1.82, 2.24) is 4.90 Å². The minimum absolute atomic E-state index is 0.152. The average molecular weight is 377 g/mol. The molecule has 0 amide bonds. The lowest BCUT2D eigenvalue weighted by molar-refractivity contribution is -0.395. The number of hydrogen-bond acceptors (Lipinski definition) is 1. The maximum Gasteiger partial charge on any atom is 0.202 e. The number of benzene rings is 1. The number of aromatic amines is 1. The molecule has 0 saturated carbocycles. The van der Waals surface area contributed by atoms with Crippen molar-refractivity contribution in [3.05, 3.63) is 58.9 Å². The topological polar surface area (TPSA) is 29.4 Å². The van der Waals surface area contributed by atoms with E-state index in [1.54, 1.807) is 0 Å². The van der Waals surface area contributed by atoms with E-state index in [0.717, 1.165) is 35.0 Å². The molecule has 2 N–H and O–H groups in total. The standard InChI is InChI=1S/C20H26ClN3S/c1-14(2)10-12-24(16(4)18-7-5-6-11-22-18)20(25)23-19-13-17(21)9-8-15(19)3/h5-9,11,13-14,16H,10,12H2,1-4H3,(H,23,25)/p+1. The van der Waals surface area contributed by atoms with Crippen LogP contribution >= 0.6 is 23.8 Å². The van der Waals surface area contributed by atoms with Gasteiger partial charge in [-0.25, -0.2) is 4.98 Å². The summed E-state index contributed by atoms with van der Waals surface area (Å²) in [6, 6.07) is 12.1. The van der Waals surface area contributed by atoms with Gasteiger partial charge in [-0.05, 0) is 56.1 Å². The highest BCUT2D eigenvalue weighted by atomic mass is 35.5. The van der Waals surface area contributed by atoms with Crippen LogP contribution in [-0.2, 0) is 0 Å². The number of pyridine rings is 1. The molecule has 1 atom stereocenters. The first-order chi connectivity index (χ1) is 11.9. The molecule has 2 rings (SSSR count). The van der Waals surface area contributed by atoms with Crippen molar-refractivity contribution in [3.63, 3.8) is 0 Å². The van der Waals surface area contributed by atoms with Gasteiger partial charge in [-0.2, -0.15) is 0 Å². The lowest BCUT2D eigenvalue weighted by Gasteiger charge is -2.30. The summed E-state index contributed by atoms with van der Waals surface area (Å²) in [4.78, 5) is 5.56. The van der Waals surface area contributed by atoms with Gasteiger partial charge in [-0.3, -0.25) is 0 Å². The molecule has 2 aromatic rings. The smallest absolute Gasteiger partial charge is 0.202 e. The molecule has 0 bridgehead atoms. The van der Waals surface area contributed by atoms with Crippen LogP contribution in [0.1, 0.15) is 44.5 Å². The number of hydrogen-bond donors (Lipinski definition) is 1. The maximum atomic E-state index is 6.14. The highest BCUT2D eigenvalue weighted by Crippen LogP contribution is 2.23. The molecule has 1 aromatic heterocycles. The van der Waals surface area contributed by atoms with Crippen LogP contribution in [-0.4, -0.2) is 16.6 Å². The molecule has 1 unspecified atom stereocenters. The SMILES string of the molecule is Cc1ccc(Cl)cc1NC(=S)N(CCC(C)C)C(C)c1cccc[nH+]1. The Bertz CT molecular complexity index is 703. The molecule has 1 aromatic carbocycles. The summed E-state index contributed by atoms with van der Waals surface area (Å²) in [5, 5.41) is 4.81. The van der Waals surface area contributed by atoms with Crippen LogP contribution in [0.2, 0.25) is 5.02 Å². The largest absolute Gasteiger partial charge is 0.336 e. The van der Waals surface area contributed by atoms with E-state index >= 15 is 0 Å². The van der Waals surface area contributed by atoms with E-state index in [2.05, 4.69) is 42.0 Å². The molecular formula is C20H27ClN3S+. The van der Waals surface area contributed by atoms with Crippen molar-refractivity contribution in [2.45, 2.75) is 40.2 Å². The van der Waals surface area contributed by atoms with Crippen molar-refractivity contribution in [3.8, 4) is 0 Å². The molecule has 5 heteroatoms. The van der Waals surface area contributed by atoms with E-state index in [4.69, 9.17) is 23.8 Å². The minimum atomic E-state index is 0.152. The van der Waals surface area contributed by atoms with Gasteiger partial charge < -0.3 is 10.2 Å². The van der Waals surface area contributed by atoms with Gasteiger partial charge in [0.2, 0.25) is 5.69 Å². The van der Waals surface area contributed by atoms with Gasteiger partial charge in [0.05, 0.1) is 0 Å². The van der Waals surface area contributed by atoms with Crippen molar-refractivity contribution in [2.75, 3.05) is 11.9 Å². The van der Waals surface area contributed by atoms with Gasteiger partial charge in [-0.15, -0.1) is 0 Å². The molecule has 0 aliphatic carbocycles. The first kappa shape index (κ1) is 19.7. The molecule has 0 aliphatic heterocycles. The summed E-state index contributed by atoms with van der Waals surface area (Å²) in [7, 11) is 0. The van der Waals surface area contributed by atoms with Gasteiger partial charge in [0.25, 0.3) is 0 Å². The van der Waals surface area contributed by atoms with E-state index in [1.165, 1.54) is 0 Å². The van der Waals surface area contributed by atoms with Gasteiger partial charge in [0.15, 0.2) is 11.3 Å². The second-order valence-corrected chi connectivity index (χ2v) is 7.58. The Morgan fingerprint density at radius 2 is 2.00 bits per heavy atom. The number of anilines is 1. The van der Waals surface area contributed by atoms with E-state index in [1.807, 2.05) is 43.5 Å². The lowest BCUT2D eigenvalue weighted by atomic mass is 10.1. The summed E-state index contributed by atoms with van der Waals surface area (Å²) in [6.07, 6.45) is 3.03. The van der Waals surface area contributed by atoms with E-state index in [9.17, 15) is 0 Å². The number of halogens is 1. The Balaban J connectivity index is 2.21. The highest BCUT2D eigenvalue weighted by Gasteiger charge is 2.23. The lowest BCUT2D eigenvalue weighted by Crippen LogP contribution is -2.40. The molecule has 0 saturated heterocycles. The molecule has 134 valence electrons. The molecule has 1 heterocycles. The highest BCUT2D eigenvalue weighted by molar-refractivity contribution is 7.80. The van der Waals surface area contributed by atoms with Crippen LogP contribution < -0.4 is 10.3 Å². The fourth-order valence-electron chi connectivity index (χ4n) is 2.62. The van der Waals surface area contributed by atoms with E-state index in [-0.39, 0.29) is 6.04 Å². The number of nitrogens with zero attached hydrogens (tertiary/aromatic N) is 1. The quantitative estimate of drug-likeness (QED) is 0.696. The Morgan fingerprint density at radius 3 is 2.64 bits per heavy atom. The minimum Gasteiger partial charge on any atom is -0.336 e. The third kappa shape index (κ3) is 5.68. The summed E-state index contributed by atoms with van der Waals surface area (Å²) in [5.74, 6) is 0.616. The normalized spacial score (nSPS) is 12.1. The van der Waals surface area contributed by atoms with Crippen LogP contribution in [0.4, 0.5) is 5.69 Å². The number of thiocarbonyl (C=S) groups is 1. The Morgan fingerprint density at radius 1 is 1.24 bits per heavy atom. The fourth-order valence-corrected chi connectivity index (χ4v) is 3.15. The predicted molar refractivity (Wildman–Crippen MR) is 110 cm³/mol. The number of aryl methyl sites for hydroxylation is 1. The molecule has 0 radical (unpaired) electrons. The first-order valence-electron chi connectivity index (χ1n) is 8.69. The van der Waals surface area contributed by atoms with Gasteiger partial charge in [0.1, 0.15) is 6.04 Å². The van der Waals surface area contributed by atoms with Crippen LogP contribution in [0, 0.1) is 12.8 Å². The number of aromatic nitrogens is 1. The molecule has 3 nitrogen and oxygen atoms in total. The zero-order valence-electron chi connectivity index (χ0n) is 15.3. The van der Waals surface area contributed by atoms with Crippen molar-refractivity contribution < 1.29 is 4.98 Å². The first-order valence-corrected chi connectivity index (χ1v) is 9.47. The Hall–Kier alpha value is -1.65. The summed E-state index contributed by atoms with van der Waals surface area (Å²) < 4.78 is 0. The van der Waals surface area contributed by atoms with Crippen molar-refractivity contribution >= 4 is 34.6 Å². The second kappa shape index (κ2) is 9.16. The maximum absolute atomic E-state index is 6.14. The number of nitrogens with one attached hydrogen (secondary N) is 2. The second-order valence-electron chi connectivity index (χ2n) is 6.76. The summed E-state index contributed by atoms with van der Waals surface area (Å²) in [5.41, 5.74) is 3.21. The van der Waals surface area contributed by atoms with Gasteiger partial charge in [0, 0.05) is 29.4 Å². The molecular weight excluding hydrogens is 350 g/mol. The molecule has 25 heavy (non-hydrogen) atoms. The number of H-pyrrole nitrogens is 1. The summed E-state index contributed by atoms with van der Waals surface area (Å²) >= 11 is 11.9. The monoisotopic (exact) mass is 376 g/mol. The zero-order valence-corrected chi connectivity index (χ0v) is 16.9. The van der Waals surface area contributed by atoms with E-state index < -0.39 is 0 Å². The predicted octanol–water partition coefficient (Wildman–Crippen LogP) is 5.27. The third-order valence-electron chi connectivity index (χ3n) is 4.30. The van der Waals surface area contributed by atoms with Gasteiger partial charge in [-0.1, -0.05) is 37.6 Å². The fraction of sp³-hybridized carbons (Fsp3) is 0.400. The van der Waals surface area contributed by atoms with Crippen LogP contribution in [0.25, 0.3) is 0 Å². The molecule has 0 spiro atoms. The van der Waals surface area contributed by atoms with Crippen LogP contribution in [0.15, 0.2) is 42.6 Å². The Labute approximate surface area is 161 Å². The average Bonchev–Trinajstić information content (AvgIpc) is 2.58. The van der Waals surface area contributed by atoms with Crippen LogP contribution in [0.5, 0.6) is 0 Å². The van der Waals surface area contributed by atoms with Crippen molar-refractivity contribution in [2.24, 2.45) is 5.92 Å². The van der Waals surface area contributed by atoms with Crippen molar-refractivity contribution in [1.29, 1.82) is 0 Å². The molecule has 0 aliphatic rings.